The van der Waals surface area contributed by atoms with Gasteiger partial charge in [0.05, 0.1) is 44.1 Å². The van der Waals surface area contributed by atoms with E-state index in [-0.39, 0.29) is 41.6 Å². The number of carbonyl (C=O) groups excluding carboxylic acids is 3. The third-order valence-electron chi connectivity index (χ3n) is 8.26. The molecule has 4 aromatic rings. The normalized spacial score (nSPS) is 12.8. The molecule has 4 atom stereocenters. The fraction of sp³-hybridized carbons (Fsp3) is 0.372. The lowest BCUT2D eigenvalue weighted by molar-refractivity contribution is -0.123. The van der Waals surface area contributed by atoms with Crippen molar-refractivity contribution in [2.75, 3.05) is 27.7 Å². The molecule has 280 valence electrons. The molecule has 4 rings (SSSR count). The summed E-state index contributed by atoms with van der Waals surface area (Å²) in [5.74, 6) is 1.20. The zero-order valence-corrected chi connectivity index (χ0v) is 31.8. The molecule has 0 spiro atoms. The monoisotopic (exact) mass is 711 g/mol. The highest BCUT2D eigenvalue weighted by Crippen LogP contribution is 2.15. The number of nitrogens with one attached hydrogen (secondary N) is 3. The van der Waals surface area contributed by atoms with Crippen molar-refractivity contribution < 1.29 is 28.6 Å². The van der Waals surface area contributed by atoms with Crippen molar-refractivity contribution in [2.24, 2.45) is 0 Å². The average molecular weight is 712 g/mol. The fourth-order valence-corrected chi connectivity index (χ4v) is 5.09. The molecule has 0 heterocycles. The molecule has 4 aromatic carbocycles. The van der Waals surface area contributed by atoms with Crippen LogP contribution < -0.4 is 20.7 Å². The number of ether oxygens (including phenoxy) is 3. The maximum absolute atomic E-state index is 11.4. The lowest BCUT2D eigenvalue weighted by Crippen LogP contribution is -2.42. The molecule has 0 aliphatic heterocycles. The Hall–Kier alpha value is -4.51. The SMILES string of the molecule is CNC(C(C)=O)C(C)OCc1ccccc1.CNC(COCc1ccccc1)C(C)=O.CNC(Cc1ccc(OCc2ccccc2)cc1)C(C)=O. The van der Waals surface area contributed by atoms with Crippen LogP contribution >= 0.6 is 0 Å². The van der Waals surface area contributed by atoms with Crippen LogP contribution in [0.4, 0.5) is 0 Å². The van der Waals surface area contributed by atoms with Crippen molar-refractivity contribution in [1.29, 1.82) is 0 Å². The summed E-state index contributed by atoms with van der Waals surface area (Å²) in [6.07, 6.45) is 0.577. The number of carbonyl (C=O) groups is 3. The molecule has 52 heavy (non-hydrogen) atoms. The van der Waals surface area contributed by atoms with E-state index in [0.29, 0.717) is 32.8 Å². The Morgan fingerprint density at radius 3 is 1.42 bits per heavy atom. The first-order valence-electron chi connectivity index (χ1n) is 17.6. The summed E-state index contributed by atoms with van der Waals surface area (Å²) < 4.78 is 16.9. The van der Waals surface area contributed by atoms with Crippen molar-refractivity contribution in [3.8, 4) is 5.75 Å². The molecule has 9 nitrogen and oxygen atoms in total. The van der Waals surface area contributed by atoms with Gasteiger partial charge in [0.25, 0.3) is 0 Å². The molecule has 0 radical (unpaired) electrons. The predicted octanol–water partition coefficient (Wildman–Crippen LogP) is 6.13. The van der Waals surface area contributed by atoms with E-state index in [4.69, 9.17) is 14.2 Å². The topological polar surface area (TPSA) is 115 Å². The van der Waals surface area contributed by atoms with Gasteiger partial charge in [0.15, 0.2) is 0 Å². The number of ketones is 3. The zero-order chi connectivity index (χ0) is 38.1. The van der Waals surface area contributed by atoms with Gasteiger partial charge in [0.1, 0.15) is 29.7 Å². The molecule has 9 heteroatoms. The number of Topliss-reactive ketones (excluding diaryl/α,β-unsaturated/α-hetero) is 3. The third-order valence-corrected chi connectivity index (χ3v) is 8.26. The summed E-state index contributed by atoms with van der Waals surface area (Å²) in [5, 5.41) is 8.91. The smallest absolute Gasteiger partial charge is 0.149 e. The zero-order valence-electron chi connectivity index (χ0n) is 31.8. The van der Waals surface area contributed by atoms with E-state index in [1.807, 2.05) is 129 Å². The second-order valence-corrected chi connectivity index (χ2v) is 12.4. The summed E-state index contributed by atoms with van der Waals surface area (Å²) in [7, 11) is 5.34. The largest absolute Gasteiger partial charge is 0.489 e. The number of hydrogen-bond donors (Lipinski definition) is 3. The van der Waals surface area contributed by atoms with Gasteiger partial charge in [-0.05, 0) is 89.6 Å². The van der Waals surface area contributed by atoms with Gasteiger partial charge in [0, 0.05) is 0 Å². The van der Waals surface area contributed by atoms with Gasteiger partial charge < -0.3 is 30.2 Å². The highest BCUT2D eigenvalue weighted by Gasteiger charge is 2.20. The minimum absolute atomic E-state index is 0.100. The molecule has 0 aliphatic rings. The van der Waals surface area contributed by atoms with E-state index in [2.05, 4.69) is 16.0 Å². The first-order valence-corrected chi connectivity index (χ1v) is 17.6. The van der Waals surface area contributed by atoms with Crippen LogP contribution in [0.5, 0.6) is 5.75 Å². The molecule has 0 aromatic heterocycles. The Kier molecular flexibility index (Phi) is 21.4. The number of rotatable bonds is 19. The maximum Gasteiger partial charge on any atom is 0.149 e. The Balaban J connectivity index is 0.000000276. The maximum atomic E-state index is 11.4. The number of hydrogen-bond acceptors (Lipinski definition) is 9. The molecule has 0 saturated heterocycles. The van der Waals surface area contributed by atoms with Crippen molar-refractivity contribution in [3.05, 3.63) is 138 Å². The Labute approximate surface area is 310 Å². The Morgan fingerprint density at radius 2 is 1.00 bits per heavy atom. The van der Waals surface area contributed by atoms with Crippen molar-refractivity contribution in [1.82, 2.24) is 16.0 Å². The Morgan fingerprint density at radius 1 is 0.538 bits per heavy atom. The first kappa shape index (κ1) is 43.7. The Bertz CT molecular complexity index is 1550. The van der Waals surface area contributed by atoms with Gasteiger partial charge in [0.2, 0.25) is 0 Å². The van der Waals surface area contributed by atoms with Crippen molar-refractivity contribution in [3.63, 3.8) is 0 Å². The number of likely N-dealkylation sites (N-methyl/N-ethyl adjacent to an activating group) is 3. The van der Waals surface area contributed by atoms with Crippen LogP contribution in [0.2, 0.25) is 0 Å². The molecule has 3 N–H and O–H groups in total. The highest BCUT2D eigenvalue weighted by molar-refractivity contribution is 5.82. The molecule has 0 fully saturated rings. The van der Waals surface area contributed by atoms with E-state index in [9.17, 15) is 14.4 Å². The molecule has 0 aliphatic carbocycles. The fourth-order valence-electron chi connectivity index (χ4n) is 5.09. The van der Waals surface area contributed by atoms with Crippen LogP contribution in [0.15, 0.2) is 115 Å². The second-order valence-electron chi connectivity index (χ2n) is 12.4. The van der Waals surface area contributed by atoms with Gasteiger partial charge in [-0.1, -0.05) is 103 Å². The van der Waals surface area contributed by atoms with Crippen LogP contribution in [0.1, 0.15) is 49.9 Å². The standard InChI is InChI=1S/C18H21NO2.C13H19NO2.C12H17NO2/c1-14(20)18(19-2)12-15-8-10-17(11-9-15)21-13-16-6-4-3-5-7-16;1-10(15)13(14-3)11(2)16-9-12-7-5-4-6-8-12;1-10(14)12(13-2)9-15-8-11-6-4-3-5-7-11/h3-11,18-19H,12-13H2,1-2H3;4-8,11,13-14H,9H2,1-3H3;3-7,12-13H,8-9H2,1-2H3. The summed E-state index contributed by atoms with van der Waals surface area (Å²) >= 11 is 0. The quantitative estimate of drug-likeness (QED) is 0.106. The van der Waals surface area contributed by atoms with Crippen LogP contribution in [0.3, 0.4) is 0 Å². The van der Waals surface area contributed by atoms with E-state index < -0.39 is 0 Å². The van der Waals surface area contributed by atoms with Crippen LogP contribution in [-0.2, 0) is 50.1 Å². The van der Waals surface area contributed by atoms with E-state index in [0.717, 1.165) is 28.0 Å². The third kappa shape index (κ3) is 17.6. The minimum atomic E-state index is -0.233. The van der Waals surface area contributed by atoms with E-state index >= 15 is 0 Å². The van der Waals surface area contributed by atoms with Gasteiger partial charge in [-0.3, -0.25) is 14.4 Å². The van der Waals surface area contributed by atoms with E-state index in [1.54, 1.807) is 34.9 Å². The molecule has 0 amide bonds. The van der Waals surface area contributed by atoms with Gasteiger partial charge in [-0.25, -0.2) is 0 Å². The lowest BCUT2D eigenvalue weighted by Gasteiger charge is -2.21. The average Bonchev–Trinajstić information content (AvgIpc) is 3.16. The van der Waals surface area contributed by atoms with Crippen LogP contribution in [-0.4, -0.2) is 69.3 Å². The summed E-state index contributed by atoms with van der Waals surface area (Å²) in [5.41, 5.74) is 4.51. The minimum Gasteiger partial charge on any atom is -0.489 e. The molecule has 0 bridgehead atoms. The van der Waals surface area contributed by atoms with Gasteiger partial charge in [-0.15, -0.1) is 0 Å². The second kappa shape index (κ2) is 25.4. The summed E-state index contributed by atoms with van der Waals surface area (Å²) in [6.45, 7) is 8.72. The lowest BCUT2D eigenvalue weighted by atomic mass is 10.0. The molecular weight excluding hydrogens is 654 g/mol. The molecule has 0 saturated carbocycles. The summed E-state index contributed by atoms with van der Waals surface area (Å²) in [6, 6.07) is 37.3. The first-order chi connectivity index (χ1) is 25.1. The summed E-state index contributed by atoms with van der Waals surface area (Å²) in [4.78, 5) is 33.8. The van der Waals surface area contributed by atoms with E-state index in [1.165, 1.54) is 0 Å². The molecular formula is C43H57N3O6. The highest BCUT2D eigenvalue weighted by atomic mass is 16.5. The van der Waals surface area contributed by atoms with Crippen LogP contribution in [0, 0.1) is 0 Å². The van der Waals surface area contributed by atoms with Crippen molar-refractivity contribution >= 4 is 17.3 Å². The molecule has 4 unspecified atom stereocenters. The number of benzene rings is 4. The predicted molar refractivity (Wildman–Crippen MR) is 208 cm³/mol. The van der Waals surface area contributed by atoms with Crippen molar-refractivity contribution in [2.45, 2.75) is 78.2 Å². The van der Waals surface area contributed by atoms with Gasteiger partial charge in [-0.2, -0.15) is 0 Å². The van der Waals surface area contributed by atoms with Crippen LogP contribution in [0.25, 0.3) is 0 Å². The van der Waals surface area contributed by atoms with Gasteiger partial charge >= 0.3 is 0 Å².